The van der Waals surface area contributed by atoms with Crippen LogP contribution in [-0.4, -0.2) is 11.7 Å². The van der Waals surface area contributed by atoms with Crippen molar-refractivity contribution in [2.45, 2.75) is 32.6 Å². The van der Waals surface area contributed by atoms with Crippen LogP contribution in [0, 0.1) is 0 Å². The van der Waals surface area contributed by atoms with E-state index in [0.29, 0.717) is 18.2 Å². The first-order chi connectivity index (χ1) is 7.06. The predicted octanol–water partition coefficient (Wildman–Crippen LogP) is 3.17. The highest BCUT2D eigenvalue weighted by Crippen LogP contribution is 2.31. The number of benzene rings is 1. The van der Waals surface area contributed by atoms with Crippen LogP contribution in [0.1, 0.15) is 37.3 Å². The highest BCUT2D eigenvalue weighted by molar-refractivity contribution is 9.10. The van der Waals surface area contributed by atoms with Crippen LogP contribution in [0.3, 0.4) is 0 Å². The third kappa shape index (κ3) is 3.21. The van der Waals surface area contributed by atoms with Gasteiger partial charge in [0.2, 0.25) is 0 Å². The van der Waals surface area contributed by atoms with Crippen molar-refractivity contribution in [2.75, 3.05) is 6.54 Å². The van der Waals surface area contributed by atoms with Crippen molar-refractivity contribution < 1.29 is 5.11 Å². The summed E-state index contributed by atoms with van der Waals surface area (Å²) in [7, 11) is 0. The molecule has 15 heavy (non-hydrogen) atoms. The van der Waals surface area contributed by atoms with E-state index in [2.05, 4.69) is 29.8 Å². The maximum absolute atomic E-state index is 9.83. The molecule has 3 N–H and O–H groups in total. The Kier molecular flexibility index (Phi) is 4.61. The SMILES string of the molecule is CC(C)c1cc(O)c(CCCN)cc1Br. The number of aryl methyl sites for hydroxylation is 1. The van der Waals surface area contributed by atoms with Crippen molar-refractivity contribution >= 4 is 15.9 Å². The van der Waals surface area contributed by atoms with Gasteiger partial charge in [0, 0.05) is 4.47 Å². The van der Waals surface area contributed by atoms with Crippen molar-refractivity contribution in [1.29, 1.82) is 0 Å². The van der Waals surface area contributed by atoms with E-state index >= 15 is 0 Å². The molecule has 3 heteroatoms. The third-order valence-electron chi connectivity index (χ3n) is 2.47. The van der Waals surface area contributed by atoms with E-state index in [1.165, 1.54) is 0 Å². The average Bonchev–Trinajstić information content (AvgIpc) is 2.18. The van der Waals surface area contributed by atoms with Crippen molar-refractivity contribution in [3.8, 4) is 5.75 Å². The molecule has 0 aliphatic heterocycles. The zero-order chi connectivity index (χ0) is 11.4. The Balaban J connectivity index is 2.97. The van der Waals surface area contributed by atoms with Gasteiger partial charge in [0.15, 0.2) is 0 Å². The molecule has 0 fully saturated rings. The second-order valence-corrected chi connectivity index (χ2v) is 4.90. The maximum Gasteiger partial charge on any atom is 0.119 e. The number of rotatable bonds is 4. The number of halogens is 1. The molecule has 0 saturated carbocycles. The normalized spacial score (nSPS) is 11.0. The third-order valence-corrected chi connectivity index (χ3v) is 3.16. The van der Waals surface area contributed by atoms with E-state index in [1.54, 1.807) is 0 Å². The number of phenols is 1. The van der Waals surface area contributed by atoms with Crippen molar-refractivity contribution in [2.24, 2.45) is 5.73 Å². The summed E-state index contributed by atoms with van der Waals surface area (Å²) in [5.74, 6) is 0.796. The lowest BCUT2D eigenvalue weighted by molar-refractivity contribution is 0.466. The molecule has 0 aromatic heterocycles. The molecule has 0 bridgehead atoms. The fourth-order valence-electron chi connectivity index (χ4n) is 1.55. The summed E-state index contributed by atoms with van der Waals surface area (Å²) < 4.78 is 1.07. The second kappa shape index (κ2) is 5.52. The van der Waals surface area contributed by atoms with Crippen LogP contribution < -0.4 is 5.73 Å². The minimum absolute atomic E-state index is 0.385. The van der Waals surface area contributed by atoms with Gasteiger partial charge in [-0.05, 0) is 48.6 Å². The number of aromatic hydroxyl groups is 1. The van der Waals surface area contributed by atoms with Gasteiger partial charge in [0.1, 0.15) is 5.75 Å². The summed E-state index contributed by atoms with van der Waals surface area (Å²) in [6, 6.07) is 3.85. The minimum Gasteiger partial charge on any atom is -0.508 e. The summed E-state index contributed by atoms with van der Waals surface area (Å²) in [6.45, 7) is 4.88. The van der Waals surface area contributed by atoms with Gasteiger partial charge in [0.05, 0.1) is 0 Å². The van der Waals surface area contributed by atoms with E-state index in [0.717, 1.165) is 28.4 Å². The van der Waals surface area contributed by atoms with E-state index in [1.807, 2.05) is 12.1 Å². The fraction of sp³-hybridized carbons (Fsp3) is 0.500. The molecular formula is C12H18BrNO. The quantitative estimate of drug-likeness (QED) is 0.884. The Hall–Kier alpha value is -0.540. The first-order valence-electron chi connectivity index (χ1n) is 5.27. The number of hydrogen-bond acceptors (Lipinski definition) is 2. The van der Waals surface area contributed by atoms with Gasteiger partial charge in [-0.15, -0.1) is 0 Å². The molecule has 84 valence electrons. The molecule has 0 heterocycles. The molecule has 0 spiro atoms. The molecule has 0 unspecified atom stereocenters. The highest BCUT2D eigenvalue weighted by Gasteiger charge is 2.09. The van der Waals surface area contributed by atoms with Gasteiger partial charge in [-0.2, -0.15) is 0 Å². The predicted molar refractivity (Wildman–Crippen MR) is 67.3 cm³/mol. The standard InChI is InChI=1S/C12H18BrNO/c1-8(2)10-7-12(15)9(4-3-5-14)6-11(10)13/h6-8,15H,3-5,14H2,1-2H3. The molecule has 0 saturated heterocycles. The Morgan fingerprint density at radius 3 is 2.60 bits per heavy atom. The smallest absolute Gasteiger partial charge is 0.119 e. The topological polar surface area (TPSA) is 46.2 Å². The molecule has 0 radical (unpaired) electrons. The van der Waals surface area contributed by atoms with Crippen LogP contribution in [0.5, 0.6) is 5.75 Å². The molecule has 0 aliphatic carbocycles. The molecule has 0 aliphatic rings. The van der Waals surface area contributed by atoms with Crippen LogP contribution in [0.15, 0.2) is 16.6 Å². The van der Waals surface area contributed by atoms with Crippen molar-refractivity contribution in [1.82, 2.24) is 0 Å². The van der Waals surface area contributed by atoms with Gasteiger partial charge in [0.25, 0.3) is 0 Å². The molecule has 1 aromatic carbocycles. The first-order valence-corrected chi connectivity index (χ1v) is 6.07. The van der Waals surface area contributed by atoms with Crippen LogP contribution in [0.2, 0.25) is 0 Å². The molecule has 1 aromatic rings. The monoisotopic (exact) mass is 271 g/mol. The lowest BCUT2D eigenvalue weighted by Crippen LogP contribution is -2.01. The second-order valence-electron chi connectivity index (χ2n) is 4.05. The van der Waals surface area contributed by atoms with Gasteiger partial charge < -0.3 is 10.8 Å². The van der Waals surface area contributed by atoms with Crippen LogP contribution in [-0.2, 0) is 6.42 Å². The maximum atomic E-state index is 9.83. The molecule has 2 nitrogen and oxygen atoms in total. The Morgan fingerprint density at radius 1 is 1.40 bits per heavy atom. The van der Waals surface area contributed by atoms with Crippen LogP contribution >= 0.6 is 15.9 Å². The number of phenolic OH excluding ortho intramolecular Hbond substituents is 1. The highest BCUT2D eigenvalue weighted by atomic mass is 79.9. The zero-order valence-corrected chi connectivity index (χ0v) is 10.8. The Morgan fingerprint density at radius 2 is 2.07 bits per heavy atom. The number of nitrogens with two attached hydrogens (primary N) is 1. The van der Waals surface area contributed by atoms with Crippen LogP contribution in [0.4, 0.5) is 0 Å². The van der Waals surface area contributed by atoms with E-state index in [4.69, 9.17) is 5.73 Å². The summed E-state index contributed by atoms with van der Waals surface area (Å²) >= 11 is 3.53. The summed E-state index contributed by atoms with van der Waals surface area (Å²) in [5, 5.41) is 9.83. The average molecular weight is 272 g/mol. The minimum atomic E-state index is 0.385. The van der Waals surface area contributed by atoms with Gasteiger partial charge >= 0.3 is 0 Å². The number of hydrogen-bond donors (Lipinski definition) is 2. The Bertz CT molecular complexity index is 337. The van der Waals surface area contributed by atoms with Crippen molar-refractivity contribution in [3.63, 3.8) is 0 Å². The lowest BCUT2D eigenvalue weighted by atomic mass is 9.99. The molecular weight excluding hydrogens is 254 g/mol. The summed E-state index contributed by atoms with van der Waals surface area (Å²) in [5.41, 5.74) is 7.56. The van der Waals surface area contributed by atoms with Gasteiger partial charge in [-0.25, -0.2) is 0 Å². The molecule has 0 atom stereocenters. The zero-order valence-electron chi connectivity index (χ0n) is 9.26. The Labute approximate surface area is 99.6 Å². The van der Waals surface area contributed by atoms with E-state index in [-0.39, 0.29) is 0 Å². The first kappa shape index (κ1) is 12.5. The van der Waals surface area contributed by atoms with Gasteiger partial charge in [-0.3, -0.25) is 0 Å². The van der Waals surface area contributed by atoms with Crippen molar-refractivity contribution in [3.05, 3.63) is 27.7 Å². The molecule has 0 amide bonds. The van der Waals surface area contributed by atoms with E-state index in [9.17, 15) is 5.11 Å². The fourth-order valence-corrected chi connectivity index (χ4v) is 2.40. The largest absolute Gasteiger partial charge is 0.508 e. The summed E-state index contributed by atoms with van der Waals surface area (Å²) in [4.78, 5) is 0. The molecule has 1 rings (SSSR count). The van der Waals surface area contributed by atoms with Gasteiger partial charge in [-0.1, -0.05) is 29.8 Å². The van der Waals surface area contributed by atoms with Crippen LogP contribution in [0.25, 0.3) is 0 Å². The summed E-state index contributed by atoms with van der Waals surface area (Å²) in [6.07, 6.45) is 1.74. The van der Waals surface area contributed by atoms with E-state index < -0.39 is 0 Å². The lowest BCUT2D eigenvalue weighted by Gasteiger charge is -2.12.